The van der Waals surface area contributed by atoms with E-state index in [0.29, 0.717) is 41.0 Å². The van der Waals surface area contributed by atoms with E-state index in [4.69, 9.17) is 9.72 Å². The minimum atomic E-state index is -1.05. The summed E-state index contributed by atoms with van der Waals surface area (Å²) in [5, 5.41) is 15.1. The fourth-order valence-corrected chi connectivity index (χ4v) is 9.56. The Hall–Kier alpha value is -4.66. The van der Waals surface area contributed by atoms with E-state index in [0.717, 1.165) is 74.5 Å². The van der Waals surface area contributed by atoms with Crippen LogP contribution in [0, 0.1) is 34.7 Å². The molecule has 10 rings (SSSR count). The molecule has 1 amide bonds. The number of carbonyl (C=O) groups is 1. The molecule has 5 atom stereocenters. The Balaban J connectivity index is 1.31. The van der Waals surface area contributed by atoms with Crippen molar-refractivity contribution in [1.82, 2.24) is 24.7 Å². The molecule has 8 nitrogen and oxygen atoms in total. The van der Waals surface area contributed by atoms with Crippen molar-refractivity contribution >= 4 is 38.5 Å². The predicted octanol–water partition coefficient (Wildman–Crippen LogP) is 7.44. The van der Waals surface area contributed by atoms with Crippen molar-refractivity contribution in [3.05, 3.63) is 71.2 Å². The number of hydrogen-bond acceptors (Lipinski definition) is 6. The number of pyridine rings is 1. The summed E-state index contributed by atoms with van der Waals surface area (Å²) in [5.41, 5.74) is 2.68. The number of ether oxygens (including phenoxy) is 1. The molecule has 1 N–H and O–H groups in total. The smallest absolute Gasteiger partial charge is 0.223 e. The summed E-state index contributed by atoms with van der Waals surface area (Å²) >= 11 is 0. The highest BCUT2D eigenvalue weighted by atomic mass is 19.2. The average molecular weight is 721 g/mol. The van der Waals surface area contributed by atoms with E-state index in [-0.39, 0.29) is 65.0 Å². The van der Waals surface area contributed by atoms with Crippen LogP contribution < -0.4 is 10.1 Å². The van der Waals surface area contributed by atoms with Gasteiger partial charge in [-0.2, -0.15) is 5.26 Å². The van der Waals surface area contributed by atoms with Crippen LogP contribution in [0.2, 0.25) is 0 Å². The van der Waals surface area contributed by atoms with Gasteiger partial charge in [0.2, 0.25) is 11.8 Å². The molecule has 1 aliphatic carbocycles. The SMILES string of the molecule is C[C@H](Oc1nc2c(F)c(-c3cccc4ccc(F)c(F)c34)c(CCC#N)cc2c2c1cc(CCC(=O)N1CCC1)n2[C@H]1[C@H]2CN[C@@H]1C2)[C@@H]1CCCN1C. The van der Waals surface area contributed by atoms with Crippen molar-refractivity contribution in [3.8, 4) is 23.1 Å². The Bertz CT molecular complexity index is 2320. The normalized spacial score (nSPS) is 23.1. The number of halogens is 3. The van der Waals surface area contributed by atoms with Crippen molar-refractivity contribution in [2.75, 3.05) is 33.2 Å². The van der Waals surface area contributed by atoms with Gasteiger partial charge in [-0.3, -0.25) is 9.69 Å². The predicted molar refractivity (Wildman–Crippen MR) is 198 cm³/mol. The molecular formula is C42H43F3N6O2. The van der Waals surface area contributed by atoms with Gasteiger partial charge in [0, 0.05) is 66.6 Å². The second kappa shape index (κ2) is 13.3. The molecule has 4 aliphatic heterocycles. The number of amides is 1. The lowest BCUT2D eigenvalue weighted by atomic mass is 9.79. The average Bonchev–Trinajstić information content (AvgIpc) is 3.93. The quantitative estimate of drug-likeness (QED) is 0.162. The molecule has 5 aliphatic rings. The van der Waals surface area contributed by atoms with Crippen LogP contribution in [0.15, 0.2) is 42.5 Å². The fourth-order valence-electron chi connectivity index (χ4n) is 9.56. The first-order valence-electron chi connectivity index (χ1n) is 19.0. The summed E-state index contributed by atoms with van der Waals surface area (Å²) in [6.45, 7) is 5.46. The zero-order valence-electron chi connectivity index (χ0n) is 30.1. The maximum atomic E-state index is 17.7. The van der Waals surface area contributed by atoms with E-state index in [2.05, 4.69) is 34.0 Å². The largest absolute Gasteiger partial charge is 0.472 e. The Morgan fingerprint density at radius 2 is 1.92 bits per heavy atom. The number of carbonyl (C=O) groups excluding carboxylic acids is 1. The number of nitriles is 1. The maximum absolute atomic E-state index is 17.7. The summed E-state index contributed by atoms with van der Waals surface area (Å²) in [6.07, 6.45) is 5.04. The first-order valence-corrected chi connectivity index (χ1v) is 19.0. The zero-order chi connectivity index (χ0) is 36.5. The van der Waals surface area contributed by atoms with Crippen LogP contribution in [-0.4, -0.2) is 76.7 Å². The molecule has 0 spiro atoms. The van der Waals surface area contributed by atoms with Crippen molar-refractivity contribution < 1.29 is 22.7 Å². The number of aromatic nitrogens is 2. The van der Waals surface area contributed by atoms with Gasteiger partial charge in [0.05, 0.1) is 23.0 Å². The third-order valence-corrected chi connectivity index (χ3v) is 12.5. The molecule has 0 radical (unpaired) electrons. The molecule has 1 saturated carbocycles. The number of nitrogens with one attached hydrogen (secondary N) is 1. The summed E-state index contributed by atoms with van der Waals surface area (Å²) < 4.78 is 57.2. The lowest BCUT2D eigenvalue weighted by molar-refractivity contribution is -0.134. The summed E-state index contributed by atoms with van der Waals surface area (Å²) in [6, 6.07) is 14.2. The van der Waals surface area contributed by atoms with E-state index in [9.17, 15) is 14.4 Å². The molecule has 2 aromatic heterocycles. The highest BCUT2D eigenvalue weighted by molar-refractivity contribution is 6.10. The van der Waals surface area contributed by atoms with Crippen LogP contribution in [0.3, 0.4) is 0 Å². The number of likely N-dealkylation sites (N-methyl/N-ethyl adjacent to an activating group) is 1. The Kier molecular flexibility index (Phi) is 8.58. The molecular weight excluding hydrogens is 677 g/mol. The molecule has 53 heavy (non-hydrogen) atoms. The van der Waals surface area contributed by atoms with Crippen LogP contribution in [0.4, 0.5) is 13.2 Å². The number of aryl methyl sites for hydroxylation is 2. The van der Waals surface area contributed by atoms with Gasteiger partial charge >= 0.3 is 0 Å². The Morgan fingerprint density at radius 1 is 1.08 bits per heavy atom. The number of hydrogen-bond donors (Lipinski definition) is 1. The van der Waals surface area contributed by atoms with Gasteiger partial charge in [-0.05, 0) is 99.7 Å². The minimum Gasteiger partial charge on any atom is -0.472 e. The number of benzene rings is 3. The van der Waals surface area contributed by atoms with Crippen LogP contribution in [0.25, 0.3) is 43.7 Å². The number of rotatable bonds is 10. The standard InChI is InChI=1S/C42H43F3N6O2/c1-23(33-10-5-16-49(33)2)53-42-30-21-27(12-14-34(52)50-17-6-18-50)51(40-26-20-32(40)47-22-26)41(30)29-19-25(8-4-15-46)36(38(45)39(29)48-42)28-9-3-7-24-11-13-31(43)37(44)35(24)28/h3,7,9,11,13,19,21,23,26,32-33,40,47H,4-6,8,10,12,14,16-18,20,22H2,1-2H3/t23-,26+,32+,33-,40-/m0/s1. The molecule has 11 heteroatoms. The molecule has 4 saturated heterocycles. The third kappa shape index (κ3) is 5.56. The number of fused-ring (bicyclic) bond motifs is 5. The minimum absolute atomic E-state index is 0.0194. The van der Waals surface area contributed by atoms with Crippen molar-refractivity contribution in [1.29, 1.82) is 5.26 Å². The molecule has 3 aromatic carbocycles. The molecule has 2 bridgehead atoms. The van der Waals surface area contributed by atoms with E-state index in [1.807, 2.05) is 17.9 Å². The second-order valence-corrected chi connectivity index (χ2v) is 15.5. The van der Waals surface area contributed by atoms with Gasteiger partial charge in [-0.1, -0.05) is 24.3 Å². The first kappa shape index (κ1) is 34.1. The molecule has 5 aromatic rings. The maximum Gasteiger partial charge on any atom is 0.223 e. The van der Waals surface area contributed by atoms with Crippen LogP contribution in [-0.2, 0) is 17.6 Å². The Morgan fingerprint density at radius 3 is 2.62 bits per heavy atom. The Labute approximate surface area is 306 Å². The van der Waals surface area contributed by atoms with Gasteiger partial charge in [0.1, 0.15) is 11.6 Å². The third-order valence-electron chi connectivity index (χ3n) is 12.5. The van der Waals surface area contributed by atoms with Crippen molar-refractivity contribution in [2.24, 2.45) is 5.92 Å². The van der Waals surface area contributed by atoms with E-state index >= 15 is 8.78 Å². The zero-order valence-corrected chi connectivity index (χ0v) is 30.1. The number of nitrogens with zero attached hydrogens (tertiary/aromatic N) is 5. The van der Waals surface area contributed by atoms with Gasteiger partial charge in [-0.25, -0.2) is 18.2 Å². The van der Waals surface area contributed by atoms with Gasteiger partial charge in [0.15, 0.2) is 17.5 Å². The second-order valence-electron chi connectivity index (χ2n) is 15.5. The van der Waals surface area contributed by atoms with E-state index in [1.165, 1.54) is 6.07 Å². The monoisotopic (exact) mass is 720 g/mol. The summed E-state index contributed by atoms with van der Waals surface area (Å²) in [4.78, 5) is 22.3. The van der Waals surface area contributed by atoms with E-state index < -0.39 is 17.5 Å². The highest BCUT2D eigenvalue weighted by Crippen LogP contribution is 2.49. The van der Waals surface area contributed by atoms with Crippen LogP contribution in [0.1, 0.15) is 62.7 Å². The van der Waals surface area contributed by atoms with Crippen LogP contribution in [0.5, 0.6) is 5.88 Å². The fraction of sp³-hybridized carbons (Fsp3) is 0.452. The first-order chi connectivity index (χ1) is 25.7. The van der Waals surface area contributed by atoms with E-state index in [1.54, 1.807) is 18.2 Å². The molecule has 0 unspecified atom stereocenters. The summed E-state index contributed by atoms with van der Waals surface area (Å²) in [5.74, 6) is -1.90. The molecule has 274 valence electrons. The lowest BCUT2D eigenvalue weighted by Gasteiger charge is -2.38. The molecule has 6 heterocycles. The van der Waals surface area contributed by atoms with Crippen LogP contribution >= 0.6 is 0 Å². The van der Waals surface area contributed by atoms with Gasteiger partial charge in [0.25, 0.3) is 0 Å². The highest BCUT2D eigenvalue weighted by Gasteiger charge is 2.49. The topological polar surface area (TPSA) is 86.4 Å². The number of likely N-dealkylation sites (tertiary alicyclic amines) is 2. The summed E-state index contributed by atoms with van der Waals surface area (Å²) in [7, 11) is 2.09. The molecule has 5 fully saturated rings. The lowest BCUT2D eigenvalue weighted by Crippen LogP contribution is -2.42. The van der Waals surface area contributed by atoms with Crippen molar-refractivity contribution in [3.63, 3.8) is 0 Å². The van der Waals surface area contributed by atoms with Gasteiger partial charge in [-0.15, -0.1) is 0 Å². The van der Waals surface area contributed by atoms with Gasteiger partial charge < -0.3 is 19.5 Å². The van der Waals surface area contributed by atoms with Crippen molar-refractivity contribution in [2.45, 2.75) is 82.5 Å².